The monoisotopic (exact) mass is 451 g/mol. The minimum atomic E-state index is -0.0777. The molecule has 7 heteroatoms. The van der Waals surface area contributed by atoms with Crippen LogP contribution < -0.4 is 15.0 Å². The Bertz CT molecular complexity index is 1000. The Morgan fingerprint density at radius 3 is 2.53 bits per heavy atom. The quantitative estimate of drug-likeness (QED) is 0.632. The lowest BCUT2D eigenvalue weighted by Gasteiger charge is -2.36. The Morgan fingerprint density at radius 1 is 1.19 bits per heavy atom. The number of nitrogens with zero attached hydrogens (tertiary/aromatic N) is 2. The summed E-state index contributed by atoms with van der Waals surface area (Å²) in [7, 11) is 0. The molecule has 1 N–H and O–H groups in total. The fraction of sp³-hybridized carbons (Fsp3) is 0.400. The van der Waals surface area contributed by atoms with E-state index in [1.165, 1.54) is 0 Å². The lowest BCUT2D eigenvalue weighted by molar-refractivity contribution is -0.108. The van der Waals surface area contributed by atoms with E-state index in [-0.39, 0.29) is 18.1 Å². The van der Waals surface area contributed by atoms with Crippen LogP contribution in [0.4, 0.5) is 5.69 Å². The first-order chi connectivity index (χ1) is 15.6. The van der Waals surface area contributed by atoms with Gasteiger partial charge in [0, 0.05) is 55.7 Å². The molecular formula is C25H26ClN3O3. The molecule has 4 rings (SSSR count). The number of rotatable bonds is 7. The van der Waals surface area contributed by atoms with Crippen molar-refractivity contribution < 1.29 is 14.3 Å². The molecule has 1 amide bonds. The van der Waals surface area contributed by atoms with Crippen molar-refractivity contribution in [2.24, 2.45) is 5.92 Å². The summed E-state index contributed by atoms with van der Waals surface area (Å²) >= 11 is 6.04. The highest BCUT2D eigenvalue weighted by molar-refractivity contribution is 6.31. The molecule has 166 valence electrons. The largest absolute Gasteiger partial charge is 0.490 e. The zero-order chi connectivity index (χ0) is 22.5. The molecule has 1 aliphatic heterocycles. The van der Waals surface area contributed by atoms with Gasteiger partial charge in [-0.2, -0.15) is 5.26 Å². The number of hydrogen-bond acceptors (Lipinski definition) is 5. The van der Waals surface area contributed by atoms with Gasteiger partial charge in [-0.05, 0) is 55.2 Å². The van der Waals surface area contributed by atoms with E-state index in [0.29, 0.717) is 34.2 Å². The highest BCUT2D eigenvalue weighted by atomic mass is 35.5. The van der Waals surface area contributed by atoms with Crippen molar-refractivity contribution in [3.63, 3.8) is 0 Å². The summed E-state index contributed by atoms with van der Waals surface area (Å²) in [4.78, 5) is 25.6. The summed E-state index contributed by atoms with van der Waals surface area (Å²) in [5.41, 5.74) is 2.18. The van der Waals surface area contributed by atoms with Crippen molar-refractivity contribution in [3.8, 4) is 11.8 Å². The topological polar surface area (TPSA) is 82.4 Å². The van der Waals surface area contributed by atoms with Crippen LogP contribution in [0.5, 0.6) is 5.75 Å². The number of amides is 1. The predicted molar refractivity (Wildman–Crippen MR) is 123 cm³/mol. The normalized spacial score (nSPS) is 20.7. The van der Waals surface area contributed by atoms with E-state index in [4.69, 9.17) is 21.6 Å². The minimum Gasteiger partial charge on any atom is -0.490 e. The van der Waals surface area contributed by atoms with Gasteiger partial charge < -0.3 is 19.7 Å². The Hall–Kier alpha value is -3.04. The average molecular weight is 452 g/mol. The zero-order valence-corrected chi connectivity index (χ0v) is 18.6. The standard InChI is InChI=1S/C25H26ClN3O3/c26-24-15-22(6-3-19(24)16-27)32-23-13-20(14-23)28-25(31)18-1-4-21(5-2-18)29-10-7-17(8-11-29)9-12-30/h1-6,12,15,17,20,23H,7-11,13-14H2,(H,28,31)/t20-,23-. The first-order valence-corrected chi connectivity index (χ1v) is 11.4. The molecule has 1 heterocycles. The average Bonchev–Trinajstić information content (AvgIpc) is 2.78. The molecule has 1 saturated carbocycles. The molecule has 0 spiro atoms. The van der Waals surface area contributed by atoms with Gasteiger partial charge in [-0.1, -0.05) is 11.6 Å². The summed E-state index contributed by atoms with van der Waals surface area (Å²) in [5, 5.41) is 12.4. The van der Waals surface area contributed by atoms with Crippen LogP contribution in [0.2, 0.25) is 5.02 Å². The van der Waals surface area contributed by atoms with Crippen LogP contribution in [0.15, 0.2) is 42.5 Å². The summed E-state index contributed by atoms with van der Waals surface area (Å²) in [6.07, 6.45) is 5.22. The summed E-state index contributed by atoms with van der Waals surface area (Å²) in [5.74, 6) is 1.05. The molecule has 0 unspecified atom stereocenters. The number of carbonyl (C=O) groups is 2. The first-order valence-electron chi connectivity index (χ1n) is 11.0. The second-order valence-electron chi connectivity index (χ2n) is 8.51. The van der Waals surface area contributed by atoms with Crippen molar-refractivity contribution >= 4 is 29.5 Å². The van der Waals surface area contributed by atoms with Crippen LogP contribution in [0.3, 0.4) is 0 Å². The predicted octanol–water partition coefficient (Wildman–Crippen LogP) is 4.36. The lowest BCUT2D eigenvalue weighted by atomic mass is 9.89. The van der Waals surface area contributed by atoms with Gasteiger partial charge in [-0.3, -0.25) is 4.79 Å². The highest BCUT2D eigenvalue weighted by Crippen LogP contribution is 2.29. The third-order valence-electron chi connectivity index (χ3n) is 6.33. The van der Waals surface area contributed by atoms with Crippen LogP contribution in [0.1, 0.15) is 48.0 Å². The molecule has 2 aliphatic rings. The van der Waals surface area contributed by atoms with E-state index in [2.05, 4.69) is 10.2 Å². The van der Waals surface area contributed by atoms with E-state index >= 15 is 0 Å². The summed E-state index contributed by atoms with van der Waals surface area (Å²) in [6, 6.07) is 14.9. The smallest absolute Gasteiger partial charge is 0.251 e. The maximum Gasteiger partial charge on any atom is 0.251 e. The van der Waals surface area contributed by atoms with E-state index in [1.807, 2.05) is 30.3 Å². The number of nitrogens with one attached hydrogen (secondary N) is 1. The van der Waals surface area contributed by atoms with Crippen LogP contribution in [-0.4, -0.2) is 37.4 Å². The number of piperidine rings is 1. The van der Waals surface area contributed by atoms with Gasteiger partial charge >= 0.3 is 0 Å². The SMILES string of the molecule is N#Cc1ccc(O[C@H]2C[C@H](NC(=O)c3ccc(N4CCC(CC=O)CC4)cc3)C2)cc1Cl. The van der Waals surface area contributed by atoms with Gasteiger partial charge in [0.2, 0.25) is 0 Å². The number of hydrogen-bond donors (Lipinski definition) is 1. The zero-order valence-electron chi connectivity index (χ0n) is 17.8. The first kappa shape index (κ1) is 22.2. The maximum absolute atomic E-state index is 12.6. The van der Waals surface area contributed by atoms with Crippen molar-refractivity contribution in [2.75, 3.05) is 18.0 Å². The summed E-state index contributed by atoms with van der Waals surface area (Å²) < 4.78 is 5.88. The van der Waals surface area contributed by atoms with Crippen molar-refractivity contribution in [2.45, 2.75) is 44.2 Å². The van der Waals surface area contributed by atoms with Gasteiger partial charge in [-0.25, -0.2) is 0 Å². The minimum absolute atomic E-state index is 0.0221. The molecule has 0 radical (unpaired) electrons. The van der Waals surface area contributed by atoms with Gasteiger partial charge in [0.05, 0.1) is 10.6 Å². The number of halogens is 1. The number of nitriles is 1. The summed E-state index contributed by atoms with van der Waals surface area (Å²) in [6.45, 7) is 1.88. The molecule has 1 saturated heterocycles. The molecular weight excluding hydrogens is 426 g/mol. The van der Waals surface area contributed by atoms with Gasteiger partial charge in [-0.15, -0.1) is 0 Å². The van der Waals surface area contributed by atoms with Crippen LogP contribution >= 0.6 is 11.6 Å². The van der Waals surface area contributed by atoms with Crippen molar-refractivity contribution in [1.29, 1.82) is 5.26 Å². The van der Waals surface area contributed by atoms with E-state index < -0.39 is 0 Å². The molecule has 2 fully saturated rings. The maximum atomic E-state index is 12.6. The number of ether oxygens (including phenoxy) is 1. The van der Waals surface area contributed by atoms with Crippen LogP contribution in [-0.2, 0) is 4.79 Å². The number of aldehydes is 1. The number of carbonyl (C=O) groups excluding carboxylic acids is 2. The third-order valence-corrected chi connectivity index (χ3v) is 6.65. The molecule has 0 atom stereocenters. The Labute approximate surface area is 193 Å². The molecule has 6 nitrogen and oxygen atoms in total. The second kappa shape index (κ2) is 10.1. The number of benzene rings is 2. The molecule has 0 bridgehead atoms. The van der Waals surface area contributed by atoms with Crippen LogP contribution in [0, 0.1) is 17.2 Å². The third kappa shape index (κ3) is 5.23. The fourth-order valence-corrected chi connectivity index (χ4v) is 4.50. The van der Waals surface area contributed by atoms with Gasteiger partial charge in [0.25, 0.3) is 5.91 Å². The lowest BCUT2D eigenvalue weighted by Crippen LogP contribution is -2.49. The molecule has 0 aromatic heterocycles. The number of anilines is 1. The molecule has 1 aliphatic carbocycles. The van der Waals surface area contributed by atoms with E-state index in [1.54, 1.807) is 18.2 Å². The van der Waals surface area contributed by atoms with Crippen molar-refractivity contribution in [3.05, 3.63) is 58.6 Å². The van der Waals surface area contributed by atoms with Gasteiger partial charge in [0.15, 0.2) is 0 Å². The molecule has 32 heavy (non-hydrogen) atoms. The van der Waals surface area contributed by atoms with Gasteiger partial charge in [0.1, 0.15) is 24.2 Å². The van der Waals surface area contributed by atoms with E-state index in [9.17, 15) is 9.59 Å². The van der Waals surface area contributed by atoms with E-state index in [0.717, 1.165) is 50.7 Å². The van der Waals surface area contributed by atoms with Crippen LogP contribution in [0.25, 0.3) is 0 Å². The molecule has 2 aromatic carbocycles. The Kier molecular flexibility index (Phi) is 6.96. The second-order valence-corrected chi connectivity index (χ2v) is 8.92. The Morgan fingerprint density at radius 2 is 1.91 bits per heavy atom. The highest BCUT2D eigenvalue weighted by Gasteiger charge is 2.32. The van der Waals surface area contributed by atoms with Crippen molar-refractivity contribution in [1.82, 2.24) is 5.32 Å². The molecule has 2 aromatic rings. The Balaban J connectivity index is 1.23. The fourth-order valence-electron chi connectivity index (χ4n) is 4.29.